The lowest BCUT2D eigenvalue weighted by Crippen LogP contribution is -2.47. The monoisotopic (exact) mass is 561 g/mol. The van der Waals surface area contributed by atoms with Gasteiger partial charge in [-0.15, -0.1) is 0 Å². The Morgan fingerprint density at radius 3 is 1.98 bits per heavy atom. The number of amides is 3. The first-order valence-corrected chi connectivity index (χ1v) is 13.4. The normalized spacial score (nSPS) is 18.0. The zero-order chi connectivity index (χ0) is 29.1. The van der Waals surface area contributed by atoms with Crippen molar-refractivity contribution in [1.29, 1.82) is 0 Å². The van der Waals surface area contributed by atoms with Crippen molar-refractivity contribution in [2.75, 3.05) is 18.4 Å². The number of aliphatic carboxylic acids is 1. The molecule has 1 saturated heterocycles. The number of hydrogen-bond donors (Lipinski definition) is 3. The van der Waals surface area contributed by atoms with Crippen molar-refractivity contribution in [2.45, 2.75) is 63.6 Å². The molecular weight excluding hydrogens is 527 g/mol. The maximum absolute atomic E-state index is 13.1. The molecule has 2 aromatic rings. The maximum atomic E-state index is 13.1. The standard InChI is InChI=1S/C27H33N3O3.C2HF3O2/c31-25(20-9-4-3-5-10-20)29-24-16-14-21(15-17-24)27(33)30-18-8-11-22(19-30)26(32)28-23-12-6-1-2-7-13-23;3-2(4,5)1(6)7/h3-5,9-10,14-17,22-23H,1-2,6-8,11-13,18-19H2,(H,28,32)(H,29,31);(H,6,7). The van der Waals surface area contributed by atoms with Gasteiger partial charge in [-0.25, -0.2) is 4.79 Å². The number of carbonyl (C=O) groups excluding carboxylic acids is 3. The third kappa shape index (κ3) is 9.39. The van der Waals surface area contributed by atoms with E-state index >= 15 is 0 Å². The van der Waals surface area contributed by atoms with Gasteiger partial charge in [0.25, 0.3) is 11.8 Å². The summed E-state index contributed by atoms with van der Waals surface area (Å²) in [5.41, 5.74) is 1.79. The number of carbonyl (C=O) groups is 4. The Balaban J connectivity index is 0.000000559. The molecule has 1 saturated carbocycles. The molecule has 0 bridgehead atoms. The van der Waals surface area contributed by atoms with Crippen LogP contribution < -0.4 is 10.6 Å². The molecule has 1 unspecified atom stereocenters. The molecule has 1 aliphatic heterocycles. The second kappa shape index (κ2) is 14.5. The van der Waals surface area contributed by atoms with Crippen molar-refractivity contribution < 1.29 is 37.5 Å². The minimum Gasteiger partial charge on any atom is -0.475 e. The lowest BCUT2D eigenvalue weighted by atomic mass is 9.95. The summed E-state index contributed by atoms with van der Waals surface area (Å²) < 4.78 is 31.7. The number of piperidine rings is 1. The Hall–Kier alpha value is -3.89. The Labute approximate surface area is 230 Å². The molecule has 1 atom stereocenters. The van der Waals surface area contributed by atoms with E-state index in [0.29, 0.717) is 29.9 Å². The number of likely N-dealkylation sites (tertiary alicyclic amines) is 1. The predicted molar refractivity (Wildman–Crippen MR) is 143 cm³/mol. The van der Waals surface area contributed by atoms with E-state index in [4.69, 9.17) is 9.90 Å². The van der Waals surface area contributed by atoms with Crippen LogP contribution in [0.5, 0.6) is 0 Å². The number of nitrogens with zero attached hydrogens (tertiary/aromatic N) is 1. The quantitative estimate of drug-likeness (QED) is 0.431. The van der Waals surface area contributed by atoms with Crippen molar-refractivity contribution in [3.05, 3.63) is 65.7 Å². The van der Waals surface area contributed by atoms with Crippen LogP contribution in [-0.2, 0) is 9.59 Å². The fourth-order valence-corrected chi connectivity index (χ4v) is 4.79. The van der Waals surface area contributed by atoms with Crippen LogP contribution in [0.15, 0.2) is 54.6 Å². The van der Waals surface area contributed by atoms with Crippen LogP contribution in [0.3, 0.4) is 0 Å². The van der Waals surface area contributed by atoms with Crippen LogP contribution in [0.25, 0.3) is 0 Å². The number of anilines is 1. The van der Waals surface area contributed by atoms with Crippen molar-refractivity contribution in [2.24, 2.45) is 5.92 Å². The number of rotatable bonds is 5. The van der Waals surface area contributed by atoms with Gasteiger partial charge in [-0.05, 0) is 62.1 Å². The van der Waals surface area contributed by atoms with Crippen molar-refractivity contribution in [1.82, 2.24) is 10.2 Å². The summed E-state index contributed by atoms with van der Waals surface area (Å²) >= 11 is 0. The third-order valence-electron chi connectivity index (χ3n) is 6.95. The summed E-state index contributed by atoms with van der Waals surface area (Å²) in [7, 11) is 0. The minimum absolute atomic E-state index is 0.0668. The van der Waals surface area contributed by atoms with Gasteiger partial charge < -0.3 is 20.6 Å². The third-order valence-corrected chi connectivity index (χ3v) is 6.95. The SMILES string of the molecule is O=C(Nc1ccc(C(=O)N2CCCC(C(=O)NC3CCCCCC3)C2)cc1)c1ccccc1.O=C(O)C(F)(F)F. The van der Waals surface area contributed by atoms with Gasteiger partial charge in [0.05, 0.1) is 5.92 Å². The first-order chi connectivity index (χ1) is 19.0. The average molecular weight is 562 g/mol. The van der Waals surface area contributed by atoms with E-state index < -0.39 is 12.1 Å². The minimum atomic E-state index is -5.08. The summed E-state index contributed by atoms with van der Waals surface area (Å²) in [5.74, 6) is -3.06. The molecule has 0 aromatic heterocycles. The molecule has 216 valence electrons. The number of nitrogens with one attached hydrogen (secondary N) is 2. The van der Waals surface area contributed by atoms with E-state index in [2.05, 4.69) is 10.6 Å². The lowest BCUT2D eigenvalue weighted by Gasteiger charge is -2.33. The molecule has 2 fully saturated rings. The number of carboxylic acids is 1. The molecule has 1 aliphatic carbocycles. The molecule has 3 amide bonds. The second-order valence-corrected chi connectivity index (χ2v) is 9.99. The molecular formula is C29H34F3N3O5. The van der Waals surface area contributed by atoms with Crippen molar-refractivity contribution in [3.8, 4) is 0 Å². The van der Waals surface area contributed by atoms with Crippen LogP contribution in [0.4, 0.5) is 18.9 Å². The number of hydrogen-bond acceptors (Lipinski definition) is 4. The summed E-state index contributed by atoms with van der Waals surface area (Å²) in [6.45, 7) is 1.13. The number of alkyl halides is 3. The highest BCUT2D eigenvalue weighted by molar-refractivity contribution is 6.04. The first-order valence-electron chi connectivity index (χ1n) is 13.4. The largest absolute Gasteiger partial charge is 0.490 e. The van der Waals surface area contributed by atoms with Crippen LogP contribution in [0.2, 0.25) is 0 Å². The average Bonchev–Trinajstić information content (AvgIpc) is 3.22. The summed E-state index contributed by atoms with van der Waals surface area (Å²) in [6.07, 6.45) is 3.58. The molecule has 3 N–H and O–H groups in total. The Bertz CT molecular complexity index is 1150. The Morgan fingerprint density at radius 2 is 1.40 bits per heavy atom. The molecule has 2 aliphatic rings. The van der Waals surface area contributed by atoms with Crippen LogP contribution in [-0.4, -0.2) is 59.0 Å². The molecule has 1 heterocycles. The summed E-state index contributed by atoms with van der Waals surface area (Å²) in [6, 6.07) is 16.3. The van der Waals surface area contributed by atoms with Gasteiger partial charge in [-0.1, -0.05) is 43.9 Å². The molecule has 0 radical (unpaired) electrons. The van der Waals surface area contributed by atoms with E-state index in [9.17, 15) is 27.6 Å². The fourth-order valence-electron chi connectivity index (χ4n) is 4.79. The smallest absolute Gasteiger partial charge is 0.475 e. The lowest BCUT2D eigenvalue weighted by molar-refractivity contribution is -0.192. The Kier molecular flexibility index (Phi) is 11.1. The number of benzene rings is 2. The van der Waals surface area contributed by atoms with Crippen molar-refractivity contribution >= 4 is 29.4 Å². The van der Waals surface area contributed by atoms with Gasteiger partial charge in [0.15, 0.2) is 0 Å². The molecule has 2 aromatic carbocycles. The van der Waals surface area contributed by atoms with Crippen LogP contribution in [0, 0.1) is 5.92 Å². The van der Waals surface area contributed by atoms with E-state index in [1.165, 1.54) is 25.7 Å². The highest BCUT2D eigenvalue weighted by atomic mass is 19.4. The molecule has 8 nitrogen and oxygen atoms in total. The first kappa shape index (κ1) is 30.6. The molecule has 40 heavy (non-hydrogen) atoms. The Morgan fingerprint density at radius 1 is 0.800 bits per heavy atom. The van der Waals surface area contributed by atoms with Gasteiger partial charge >= 0.3 is 12.1 Å². The van der Waals surface area contributed by atoms with Crippen molar-refractivity contribution in [3.63, 3.8) is 0 Å². The van der Waals surface area contributed by atoms with E-state index in [1.807, 2.05) is 18.2 Å². The maximum Gasteiger partial charge on any atom is 0.490 e. The van der Waals surface area contributed by atoms with Gasteiger partial charge in [0.2, 0.25) is 5.91 Å². The van der Waals surface area contributed by atoms with Gasteiger partial charge in [0.1, 0.15) is 0 Å². The zero-order valence-corrected chi connectivity index (χ0v) is 22.1. The molecule has 11 heteroatoms. The zero-order valence-electron chi connectivity index (χ0n) is 22.1. The van der Waals surface area contributed by atoms with Crippen LogP contribution in [0.1, 0.15) is 72.1 Å². The van der Waals surface area contributed by atoms with Crippen LogP contribution >= 0.6 is 0 Å². The summed E-state index contributed by atoms with van der Waals surface area (Å²) in [5, 5.41) is 13.2. The van der Waals surface area contributed by atoms with Gasteiger partial charge in [-0.2, -0.15) is 13.2 Å². The highest BCUT2D eigenvalue weighted by Gasteiger charge is 2.38. The molecule has 0 spiro atoms. The molecule has 4 rings (SSSR count). The topological polar surface area (TPSA) is 116 Å². The van der Waals surface area contributed by atoms with E-state index in [0.717, 1.165) is 25.7 Å². The highest BCUT2D eigenvalue weighted by Crippen LogP contribution is 2.22. The van der Waals surface area contributed by atoms with Gasteiger partial charge in [-0.3, -0.25) is 14.4 Å². The van der Waals surface area contributed by atoms with Gasteiger partial charge in [0, 0.05) is 35.9 Å². The fraction of sp³-hybridized carbons (Fsp3) is 0.448. The predicted octanol–water partition coefficient (Wildman–Crippen LogP) is 5.26. The number of halogens is 3. The van der Waals surface area contributed by atoms with E-state index in [-0.39, 0.29) is 29.7 Å². The number of carboxylic acid groups (broad SMARTS) is 1. The van der Waals surface area contributed by atoms with E-state index in [1.54, 1.807) is 41.3 Å². The second-order valence-electron chi connectivity index (χ2n) is 9.99. The summed E-state index contributed by atoms with van der Waals surface area (Å²) in [4.78, 5) is 48.9.